The molecule has 18 heavy (non-hydrogen) atoms. The molecule has 1 N–H and O–H groups in total. The first-order valence-electron chi connectivity index (χ1n) is 6.09. The van der Waals surface area contributed by atoms with E-state index in [9.17, 15) is 13.2 Å². The second kappa shape index (κ2) is 5.74. The lowest BCUT2D eigenvalue weighted by Crippen LogP contribution is -2.33. The summed E-state index contributed by atoms with van der Waals surface area (Å²) in [4.78, 5) is 0. The number of aryl methyl sites for hydroxylation is 2. The molecule has 0 saturated heterocycles. The van der Waals surface area contributed by atoms with Crippen LogP contribution < -0.4 is 5.32 Å². The van der Waals surface area contributed by atoms with Gasteiger partial charge in [-0.3, -0.25) is 0 Å². The topological polar surface area (TPSA) is 12.0 Å². The molecule has 0 amide bonds. The Bertz CT molecular complexity index is 399. The lowest BCUT2D eigenvalue weighted by Gasteiger charge is -2.22. The van der Waals surface area contributed by atoms with Gasteiger partial charge in [0.05, 0.1) is 6.42 Å². The Labute approximate surface area is 106 Å². The summed E-state index contributed by atoms with van der Waals surface area (Å²) in [6.07, 6.45) is -4.92. The Balaban J connectivity index is 2.64. The fraction of sp³-hybridized carbons (Fsp3) is 0.571. The van der Waals surface area contributed by atoms with Crippen molar-refractivity contribution in [3.8, 4) is 0 Å². The van der Waals surface area contributed by atoms with Crippen molar-refractivity contribution in [2.75, 3.05) is 0 Å². The molecule has 0 bridgehead atoms. The zero-order chi connectivity index (χ0) is 13.9. The van der Waals surface area contributed by atoms with Gasteiger partial charge in [-0.15, -0.1) is 0 Å². The third-order valence-corrected chi connectivity index (χ3v) is 3.10. The predicted octanol–water partition coefficient (Wildman–Crippen LogP) is 4.29. The summed E-state index contributed by atoms with van der Waals surface area (Å²) in [6, 6.07) is 5.31. The highest BCUT2D eigenvalue weighted by molar-refractivity contribution is 5.31. The van der Waals surface area contributed by atoms with Gasteiger partial charge >= 0.3 is 6.18 Å². The maximum atomic E-state index is 12.2. The van der Waals surface area contributed by atoms with Crippen molar-refractivity contribution >= 4 is 0 Å². The van der Waals surface area contributed by atoms with Crippen LogP contribution in [0.5, 0.6) is 0 Å². The molecule has 0 aliphatic heterocycles. The molecule has 1 rings (SSSR count). The molecule has 0 saturated carbocycles. The number of rotatable bonds is 4. The van der Waals surface area contributed by atoms with Crippen molar-refractivity contribution in [1.82, 2.24) is 5.32 Å². The van der Waals surface area contributed by atoms with Gasteiger partial charge in [-0.05, 0) is 44.4 Å². The van der Waals surface area contributed by atoms with Crippen LogP contribution in [-0.2, 0) is 0 Å². The molecule has 0 radical (unpaired) electrons. The molecule has 1 aromatic rings. The summed E-state index contributed by atoms with van der Waals surface area (Å²) in [5.74, 6) is 0. The van der Waals surface area contributed by atoms with Gasteiger partial charge in [0.1, 0.15) is 0 Å². The van der Waals surface area contributed by atoms with Crippen LogP contribution >= 0.6 is 0 Å². The third-order valence-electron chi connectivity index (χ3n) is 3.10. The van der Waals surface area contributed by atoms with Crippen molar-refractivity contribution in [2.45, 2.75) is 52.4 Å². The number of hydrogen-bond acceptors (Lipinski definition) is 1. The molecule has 1 aromatic carbocycles. The molecular weight excluding hydrogens is 239 g/mol. The first-order valence-corrected chi connectivity index (χ1v) is 6.09. The van der Waals surface area contributed by atoms with E-state index in [0.29, 0.717) is 0 Å². The highest BCUT2D eigenvalue weighted by Crippen LogP contribution is 2.23. The summed E-state index contributed by atoms with van der Waals surface area (Å²) in [5.41, 5.74) is 3.37. The first kappa shape index (κ1) is 15.0. The monoisotopic (exact) mass is 259 g/mol. The van der Waals surface area contributed by atoms with E-state index in [1.165, 1.54) is 5.56 Å². The minimum atomic E-state index is -4.12. The summed E-state index contributed by atoms with van der Waals surface area (Å²) in [6.45, 7) is 7.47. The molecule has 0 spiro atoms. The number of benzene rings is 1. The molecule has 1 nitrogen and oxygen atoms in total. The van der Waals surface area contributed by atoms with E-state index in [0.717, 1.165) is 11.1 Å². The van der Waals surface area contributed by atoms with Gasteiger partial charge in [0.15, 0.2) is 0 Å². The van der Waals surface area contributed by atoms with E-state index in [4.69, 9.17) is 0 Å². The van der Waals surface area contributed by atoms with Crippen molar-refractivity contribution < 1.29 is 13.2 Å². The van der Waals surface area contributed by atoms with Gasteiger partial charge < -0.3 is 5.32 Å². The largest absolute Gasteiger partial charge is 0.390 e. The lowest BCUT2D eigenvalue weighted by molar-refractivity contribution is -0.139. The zero-order valence-corrected chi connectivity index (χ0v) is 11.2. The lowest BCUT2D eigenvalue weighted by atomic mass is 10.0. The molecule has 2 atom stereocenters. The zero-order valence-electron chi connectivity index (χ0n) is 11.2. The van der Waals surface area contributed by atoms with Crippen molar-refractivity contribution in [3.05, 3.63) is 34.9 Å². The fourth-order valence-corrected chi connectivity index (χ4v) is 1.96. The molecule has 0 aromatic heterocycles. The van der Waals surface area contributed by atoms with E-state index < -0.39 is 18.6 Å². The summed E-state index contributed by atoms with van der Waals surface area (Å²) in [5, 5.41) is 2.98. The summed E-state index contributed by atoms with van der Waals surface area (Å²) < 4.78 is 36.7. The van der Waals surface area contributed by atoms with E-state index in [-0.39, 0.29) is 6.04 Å². The van der Waals surface area contributed by atoms with E-state index in [1.54, 1.807) is 6.92 Å². The molecule has 0 fully saturated rings. The van der Waals surface area contributed by atoms with Crippen molar-refractivity contribution in [2.24, 2.45) is 0 Å². The smallest absolute Gasteiger partial charge is 0.307 e. The van der Waals surface area contributed by atoms with Gasteiger partial charge in [-0.1, -0.05) is 18.2 Å². The molecular formula is C14H20F3N. The van der Waals surface area contributed by atoms with Crippen molar-refractivity contribution in [3.63, 3.8) is 0 Å². The SMILES string of the molecule is Cc1ccc(C(C)NC(C)CC(F)(F)F)cc1C. The Morgan fingerprint density at radius 1 is 1.11 bits per heavy atom. The third kappa shape index (κ3) is 4.69. The van der Waals surface area contributed by atoms with E-state index in [1.807, 2.05) is 39.0 Å². The van der Waals surface area contributed by atoms with Crippen LogP contribution in [0.3, 0.4) is 0 Å². The first-order chi connectivity index (χ1) is 8.19. The van der Waals surface area contributed by atoms with Gasteiger partial charge in [-0.25, -0.2) is 0 Å². The van der Waals surface area contributed by atoms with Gasteiger partial charge in [0, 0.05) is 12.1 Å². The van der Waals surface area contributed by atoms with Gasteiger partial charge in [0.2, 0.25) is 0 Å². The Morgan fingerprint density at radius 3 is 2.22 bits per heavy atom. The highest BCUT2D eigenvalue weighted by Gasteiger charge is 2.30. The van der Waals surface area contributed by atoms with Gasteiger partial charge in [0.25, 0.3) is 0 Å². The number of alkyl halides is 3. The minimum absolute atomic E-state index is 0.0818. The second-order valence-electron chi connectivity index (χ2n) is 4.95. The molecule has 0 aliphatic carbocycles. The van der Waals surface area contributed by atoms with E-state index >= 15 is 0 Å². The number of halogens is 3. The standard InChI is InChI=1S/C14H20F3N/c1-9-5-6-13(7-10(9)2)12(4)18-11(3)8-14(15,16)17/h5-7,11-12,18H,8H2,1-4H3. The molecule has 4 heteroatoms. The maximum Gasteiger partial charge on any atom is 0.390 e. The summed E-state index contributed by atoms with van der Waals surface area (Å²) in [7, 11) is 0. The van der Waals surface area contributed by atoms with Crippen LogP contribution in [0.2, 0.25) is 0 Å². The van der Waals surface area contributed by atoms with Crippen LogP contribution in [-0.4, -0.2) is 12.2 Å². The van der Waals surface area contributed by atoms with Gasteiger partial charge in [-0.2, -0.15) is 13.2 Å². The van der Waals surface area contributed by atoms with Crippen LogP contribution in [0.1, 0.15) is 43.0 Å². The average Bonchev–Trinajstić information content (AvgIpc) is 2.18. The molecule has 2 unspecified atom stereocenters. The molecule has 102 valence electrons. The number of nitrogens with one attached hydrogen (secondary N) is 1. The van der Waals surface area contributed by atoms with Crippen LogP contribution in [0.25, 0.3) is 0 Å². The van der Waals surface area contributed by atoms with Crippen LogP contribution in [0.4, 0.5) is 13.2 Å². The fourth-order valence-electron chi connectivity index (χ4n) is 1.96. The predicted molar refractivity (Wildman–Crippen MR) is 67.6 cm³/mol. The minimum Gasteiger partial charge on any atom is -0.307 e. The number of hydrogen-bond donors (Lipinski definition) is 1. The normalized spacial score (nSPS) is 15.5. The highest BCUT2D eigenvalue weighted by atomic mass is 19.4. The Kier molecular flexibility index (Phi) is 4.79. The Hall–Kier alpha value is -1.03. The average molecular weight is 259 g/mol. The van der Waals surface area contributed by atoms with E-state index in [2.05, 4.69) is 5.32 Å². The quantitative estimate of drug-likeness (QED) is 0.850. The maximum absolute atomic E-state index is 12.2. The molecule has 0 heterocycles. The Morgan fingerprint density at radius 2 is 1.72 bits per heavy atom. The van der Waals surface area contributed by atoms with Crippen LogP contribution in [0.15, 0.2) is 18.2 Å². The summed E-state index contributed by atoms with van der Waals surface area (Å²) >= 11 is 0. The second-order valence-corrected chi connectivity index (χ2v) is 4.95. The molecule has 0 aliphatic rings. The van der Waals surface area contributed by atoms with Crippen LogP contribution in [0, 0.1) is 13.8 Å². The van der Waals surface area contributed by atoms with Crippen molar-refractivity contribution in [1.29, 1.82) is 0 Å².